The number of hydrogen-bond donors (Lipinski definition) is 1. The van der Waals surface area contributed by atoms with Crippen molar-refractivity contribution in [1.82, 2.24) is 9.55 Å². The summed E-state index contributed by atoms with van der Waals surface area (Å²) in [7, 11) is 1.75. The van der Waals surface area contributed by atoms with Crippen molar-refractivity contribution in [3.05, 3.63) is 107 Å². The number of aryl methyl sites for hydroxylation is 1. The van der Waals surface area contributed by atoms with E-state index in [1.54, 1.807) is 24.0 Å². The van der Waals surface area contributed by atoms with Gasteiger partial charge < -0.3 is 9.29 Å². The molecule has 5 aromatic rings. The first-order valence-electron chi connectivity index (χ1n) is 12.1. The minimum Gasteiger partial charge on any atom is -0.335 e. The van der Waals surface area contributed by atoms with Crippen molar-refractivity contribution in [3.63, 3.8) is 0 Å². The molecule has 0 unspecified atom stereocenters. The van der Waals surface area contributed by atoms with Gasteiger partial charge in [-0.1, -0.05) is 66.9 Å². The third kappa shape index (κ3) is 5.04. The van der Waals surface area contributed by atoms with E-state index in [2.05, 4.69) is 9.71 Å². The number of anilines is 1. The van der Waals surface area contributed by atoms with Crippen molar-refractivity contribution in [1.29, 1.82) is 0 Å². The van der Waals surface area contributed by atoms with E-state index in [9.17, 15) is 9.18 Å². The SMILES string of the molecule is CCCSNc1ccc(F)c(C(=O)c2cn(C)c3ncc(-c4ccc(-c5ccc(Cl)cc5)cc4)cc23)c1F. The zero-order chi connectivity index (χ0) is 26.8. The highest BCUT2D eigenvalue weighted by atomic mass is 35.5. The highest BCUT2D eigenvalue weighted by Gasteiger charge is 2.25. The summed E-state index contributed by atoms with van der Waals surface area (Å²) < 4.78 is 34.6. The van der Waals surface area contributed by atoms with Crippen LogP contribution in [0.15, 0.2) is 79.1 Å². The van der Waals surface area contributed by atoms with Crippen molar-refractivity contribution in [2.24, 2.45) is 7.05 Å². The van der Waals surface area contributed by atoms with Crippen LogP contribution in [0.4, 0.5) is 14.5 Å². The molecule has 0 saturated carbocycles. The van der Waals surface area contributed by atoms with Crippen LogP contribution in [0, 0.1) is 11.6 Å². The minimum atomic E-state index is -0.905. The van der Waals surface area contributed by atoms with Crippen molar-refractivity contribution in [3.8, 4) is 22.3 Å². The van der Waals surface area contributed by atoms with E-state index in [0.717, 1.165) is 40.5 Å². The average Bonchev–Trinajstić information content (AvgIpc) is 3.26. The fourth-order valence-corrected chi connectivity index (χ4v) is 5.05. The molecule has 192 valence electrons. The van der Waals surface area contributed by atoms with Crippen LogP contribution >= 0.6 is 23.5 Å². The lowest BCUT2D eigenvalue weighted by Gasteiger charge is -2.10. The van der Waals surface area contributed by atoms with Gasteiger partial charge in [0.25, 0.3) is 0 Å². The Morgan fingerprint density at radius 1 is 0.974 bits per heavy atom. The van der Waals surface area contributed by atoms with Gasteiger partial charge in [0.1, 0.15) is 11.5 Å². The quantitative estimate of drug-likeness (QED) is 0.120. The molecule has 0 atom stereocenters. The van der Waals surface area contributed by atoms with Gasteiger partial charge in [-0.25, -0.2) is 13.8 Å². The normalized spacial score (nSPS) is 11.2. The molecule has 0 spiro atoms. The van der Waals surface area contributed by atoms with Crippen LogP contribution < -0.4 is 4.72 Å². The van der Waals surface area contributed by atoms with Gasteiger partial charge in [-0.2, -0.15) is 0 Å². The molecule has 5 rings (SSSR count). The maximum atomic E-state index is 15.3. The molecule has 3 aromatic carbocycles. The van der Waals surface area contributed by atoms with E-state index < -0.39 is 23.0 Å². The zero-order valence-corrected chi connectivity index (χ0v) is 22.3. The topological polar surface area (TPSA) is 46.9 Å². The monoisotopic (exact) mass is 547 g/mol. The standard InChI is InChI=1S/C30H24ClF2N3OS/c1-3-14-38-35-26-13-12-25(32)27(28(26)33)29(37)24-17-36(2)30-23(24)15-21(16-34-30)20-6-4-18(5-7-20)19-8-10-22(31)11-9-19/h4-13,15-17,35H,3,14H2,1-2H3. The summed E-state index contributed by atoms with van der Waals surface area (Å²) in [5.74, 6) is -1.79. The highest BCUT2D eigenvalue weighted by molar-refractivity contribution is 8.00. The first-order chi connectivity index (χ1) is 18.4. The largest absolute Gasteiger partial charge is 0.335 e. The lowest BCUT2D eigenvalue weighted by Crippen LogP contribution is -2.09. The third-order valence-electron chi connectivity index (χ3n) is 6.26. The average molecular weight is 548 g/mol. The fraction of sp³-hybridized carbons (Fsp3) is 0.133. The molecule has 1 N–H and O–H groups in total. The molecule has 38 heavy (non-hydrogen) atoms. The zero-order valence-electron chi connectivity index (χ0n) is 20.8. The minimum absolute atomic E-state index is 0.0769. The number of carbonyl (C=O) groups is 1. The van der Waals surface area contributed by atoms with E-state index in [4.69, 9.17) is 11.6 Å². The molecule has 0 aliphatic carbocycles. The second-order valence-corrected chi connectivity index (χ2v) is 10.2. The summed E-state index contributed by atoms with van der Waals surface area (Å²) in [4.78, 5) is 18.1. The number of benzene rings is 3. The predicted molar refractivity (Wildman–Crippen MR) is 153 cm³/mol. The Bertz CT molecular complexity index is 1630. The number of aromatic nitrogens is 2. The molecule has 2 heterocycles. The molecule has 0 aliphatic heterocycles. The molecular formula is C30H24ClF2N3OS. The predicted octanol–water partition coefficient (Wildman–Crippen LogP) is 8.54. The molecule has 0 saturated heterocycles. The van der Waals surface area contributed by atoms with E-state index in [1.165, 1.54) is 18.0 Å². The molecule has 0 bridgehead atoms. The van der Waals surface area contributed by atoms with Gasteiger partial charge in [0, 0.05) is 46.7 Å². The maximum Gasteiger partial charge on any atom is 0.201 e. The summed E-state index contributed by atoms with van der Waals surface area (Å²) in [6.45, 7) is 2.00. The summed E-state index contributed by atoms with van der Waals surface area (Å²) in [5, 5.41) is 1.20. The van der Waals surface area contributed by atoms with Crippen molar-refractivity contribution >= 4 is 46.1 Å². The van der Waals surface area contributed by atoms with E-state index in [0.29, 0.717) is 16.1 Å². The van der Waals surface area contributed by atoms with Gasteiger partial charge in [0.2, 0.25) is 5.78 Å². The Morgan fingerprint density at radius 3 is 2.26 bits per heavy atom. The van der Waals surface area contributed by atoms with Crippen molar-refractivity contribution < 1.29 is 13.6 Å². The van der Waals surface area contributed by atoms with E-state index >= 15 is 4.39 Å². The third-order valence-corrected chi connectivity index (χ3v) is 7.49. The Labute approximate surface area is 228 Å². The number of pyridine rings is 1. The molecule has 8 heteroatoms. The molecular weight excluding hydrogens is 524 g/mol. The van der Waals surface area contributed by atoms with Crippen LogP contribution in [-0.4, -0.2) is 21.1 Å². The first kappa shape index (κ1) is 25.9. The van der Waals surface area contributed by atoms with Gasteiger partial charge in [0.05, 0.1) is 11.3 Å². The second-order valence-electron chi connectivity index (χ2n) is 8.90. The van der Waals surface area contributed by atoms with Crippen LogP contribution in [0.5, 0.6) is 0 Å². The molecule has 4 nitrogen and oxygen atoms in total. The van der Waals surface area contributed by atoms with Crippen LogP contribution in [0.25, 0.3) is 33.3 Å². The highest BCUT2D eigenvalue weighted by Crippen LogP contribution is 2.32. The number of halogens is 3. The van der Waals surface area contributed by atoms with Gasteiger partial charge in [-0.3, -0.25) is 4.79 Å². The lowest BCUT2D eigenvalue weighted by atomic mass is 9.98. The number of nitrogens with zero attached hydrogens (tertiary/aromatic N) is 2. The number of carbonyl (C=O) groups excluding carboxylic acids is 1. The van der Waals surface area contributed by atoms with Crippen LogP contribution in [0.2, 0.25) is 5.02 Å². The van der Waals surface area contributed by atoms with Gasteiger partial charge in [0.15, 0.2) is 5.82 Å². The molecule has 0 amide bonds. The summed E-state index contributed by atoms with van der Waals surface area (Å²) in [6, 6.07) is 19.8. The molecule has 0 fully saturated rings. The Morgan fingerprint density at radius 2 is 1.61 bits per heavy atom. The maximum absolute atomic E-state index is 15.3. The Hall–Kier alpha value is -3.68. The number of nitrogens with one attached hydrogen (secondary N) is 1. The van der Waals surface area contributed by atoms with Crippen molar-refractivity contribution in [2.75, 3.05) is 10.5 Å². The van der Waals surface area contributed by atoms with Crippen molar-refractivity contribution in [2.45, 2.75) is 13.3 Å². The number of rotatable bonds is 8. The number of fused-ring (bicyclic) bond motifs is 1. The van der Waals surface area contributed by atoms with Crippen LogP contribution in [0.3, 0.4) is 0 Å². The lowest BCUT2D eigenvalue weighted by molar-refractivity contribution is 0.103. The number of ketones is 1. The van der Waals surface area contributed by atoms with Gasteiger partial charge >= 0.3 is 0 Å². The Balaban J connectivity index is 1.51. The molecule has 0 radical (unpaired) electrons. The smallest absolute Gasteiger partial charge is 0.201 e. The molecule has 2 aromatic heterocycles. The van der Waals surface area contributed by atoms with Crippen LogP contribution in [0.1, 0.15) is 29.3 Å². The Kier molecular flexibility index (Phi) is 7.49. The second kappa shape index (κ2) is 11.0. The summed E-state index contributed by atoms with van der Waals surface area (Å²) in [5.41, 5.74) is 3.98. The first-order valence-corrected chi connectivity index (χ1v) is 13.5. The fourth-order valence-electron chi connectivity index (χ4n) is 4.30. The van der Waals surface area contributed by atoms with Gasteiger partial charge in [-0.05, 0) is 53.4 Å². The van der Waals surface area contributed by atoms with E-state index in [-0.39, 0.29) is 11.3 Å². The molecule has 0 aliphatic rings. The van der Waals surface area contributed by atoms with E-state index in [1.807, 2.05) is 61.5 Å². The van der Waals surface area contributed by atoms with Crippen LogP contribution in [-0.2, 0) is 7.05 Å². The number of hydrogen-bond acceptors (Lipinski definition) is 4. The summed E-state index contributed by atoms with van der Waals surface area (Å²) in [6.07, 6.45) is 4.18. The summed E-state index contributed by atoms with van der Waals surface area (Å²) >= 11 is 7.31. The van der Waals surface area contributed by atoms with Gasteiger partial charge in [-0.15, -0.1) is 0 Å².